The van der Waals surface area contributed by atoms with Crippen LogP contribution in [0.3, 0.4) is 0 Å². The van der Waals surface area contributed by atoms with Crippen molar-refractivity contribution in [1.82, 2.24) is 39.9 Å². The van der Waals surface area contributed by atoms with Crippen LogP contribution in [0.15, 0.2) is 486 Å². The molecule has 0 unspecified atom stereocenters. The van der Waals surface area contributed by atoms with E-state index in [1.165, 1.54) is 41.9 Å². The van der Waals surface area contributed by atoms with Gasteiger partial charge in [0.05, 0.1) is 27.2 Å². The maximum atomic E-state index is 4.89. The first-order chi connectivity index (χ1) is 64.3. The summed E-state index contributed by atoms with van der Waals surface area (Å²) >= 11 is 0. The SMILES string of the molecule is C[Si](C)(C)c1ccc(-c2[c-]cccc2)nc1.C[Si](C)(C)c1ccc(-c2[c-]cccc2)nc1.[Ir].[Ir].[Ir].[Ir].[c-]1ccccc1-c1ccc([Si](c2ccccc2)(c2ccccc2)c2ccccc2)cn1.[c-]1ccccc1-c1ccc2ccccc2n1.[c-]1ccccc1-c1ccc2ccccc2n1.[c-]1ccccc1-c1ccccn1.[c-]1ccccc1-c1ccccn1.[c-]1ccccc1-c1ccccn1. The molecule has 15 heteroatoms. The van der Waals surface area contributed by atoms with E-state index in [1.54, 1.807) is 18.6 Å². The Morgan fingerprint density at radius 2 is 0.385 bits per heavy atom. The van der Waals surface area contributed by atoms with Crippen LogP contribution < -0.4 is 31.1 Å². The van der Waals surface area contributed by atoms with Crippen LogP contribution in [0, 0.1) is 48.5 Å². The summed E-state index contributed by atoms with van der Waals surface area (Å²) in [5.74, 6) is 0. The van der Waals surface area contributed by atoms with Crippen LogP contribution in [-0.4, -0.2) is 64.1 Å². The molecule has 0 aliphatic heterocycles. The van der Waals surface area contributed by atoms with Crippen LogP contribution in [0.1, 0.15) is 0 Å². The molecule has 0 saturated carbocycles. The van der Waals surface area contributed by atoms with Crippen LogP contribution in [0.4, 0.5) is 0 Å². The van der Waals surface area contributed by atoms with E-state index in [2.05, 4.69) is 287 Å². The van der Waals surface area contributed by atoms with E-state index in [-0.39, 0.29) is 80.4 Å². The summed E-state index contributed by atoms with van der Waals surface area (Å²) in [6.07, 6.45) is 11.5. The maximum Gasteiger partial charge on any atom is 0.181 e. The second-order valence-electron chi connectivity index (χ2n) is 32.3. The van der Waals surface area contributed by atoms with Gasteiger partial charge in [0.1, 0.15) is 0 Å². The van der Waals surface area contributed by atoms with Crippen molar-refractivity contribution in [2.75, 3.05) is 0 Å². The largest absolute Gasteiger partial charge is 0.305 e. The zero-order valence-electron chi connectivity index (χ0n) is 75.6. The molecule has 13 aromatic carbocycles. The average Bonchev–Trinajstić information content (AvgIpc) is 0.732. The fraction of sp³-hybridized carbons (Fsp3) is 0.0500. The molecule has 0 N–H and O–H groups in total. The molecular weight excluding hydrogens is 2410 g/mol. The maximum absolute atomic E-state index is 4.89. The predicted octanol–water partition coefficient (Wildman–Crippen LogP) is 25.2. The molecule has 0 aliphatic carbocycles. The van der Waals surface area contributed by atoms with Crippen LogP contribution in [0.2, 0.25) is 39.3 Å². The molecule has 135 heavy (non-hydrogen) atoms. The standard InChI is InChI=1S/C29H22NSi.2C15H10N.2C14H16NSi.3C11H8N.4Ir/c1-5-13-24(14-6-1)29-22-21-28(23-30-29)31(25-15-7-2-8-16-25,26-17-9-3-10-18-26)27-19-11-4-12-20-27;2*1-2-6-12(7-3-1)15-11-10-13-8-4-5-9-14(13)16-15;2*1-16(2,3)13-9-10-14(15-11-13)12-7-5-4-6-8-12;3*1-2-6-10(7-3-1)11-8-4-5-9-12-11;;;;/h1-13,15-23H;2*1-6,8-11H;2*4-7,9-11H,1-3H3;3*1-6,8-9H;;;;/q8*-1;;;;. The third kappa shape index (κ3) is 30.4. The van der Waals surface area contributed by atoms with Crippen molar-refractivity contribution in [3.05, 3.63) is 535 Å². The molecule has 21 aromatic rings. The molecule has 0 spiro atoms. The molecule has 0 amide bonds. The summed E-state index contributed by atoms with van der Waals surface area (Å²) in [5.41, 5.74) is 18.2. The van der Waals surface area contributed by atoms with E-state index in [1.807, 2.05) is 304 Å². The van der Waals surface area contributed by atoms with Crippen molar-refractivity contribution < 1.29 is 80.4 Å². The Hall–Kier alpha value is -13.2. The van der Waals surface area contributed by atoms with Gasteiger partial charge < -0.3 is 29.9 Å². The van der Waals surface area contributed by atoms with Crippen LogP contribution in [0.5, 0.6) is 0 Å². The summed E-state index contributed by atoms with van der Waals surface area (Å²) in [5, 5.41) is 10.5. The van der Waals surface area contributed by atoms with Gasteiger partial charge in [-0.25, -0.2) is 0 Å². The van der Waals surface area contributed by atoms with E-state index in [0.717, 1.165) is 101 Å². The number of pyridine rings is 8. The quantitative estimate of drug-likeness (QED) is 0.0603. The fourth-order valence-corrected chi connectivity index (χ4v) is 21.0. The van der Waals surface area contributed by atoms with E-state index in [9.17, 15) is 0 Å². The van der Waals surface area contributed by atoms with Crippen molar-refractivity contribution in [2.24, 2.45) is 0 Å². The van der Waals surface area contributed by atoms with Gasteiger partial charge in [-0.2, -0.15) is 0 Å². The number of para-hydroxylation sites is 2. The van der Waals surface area contributed by atoms with E-state index >= 15 is 0 Å². The Morgan fingerprint density at radius 3 is 0.607 bits per heavy atom. The van der Waals surface area contributed by atoms with Crippen molar-refractivity contribution in [3.63, 3.8) is 0 Å². The summed E-state index contributed by atoms with van der Waals surface area (Å²) in [6.45, 7) is 14.0. The van der Waals surface area contributed by atoms with Crippen LogP contribution in [-0.2, 0) is 80.4 Å². The van der Waals surface area contributed by atoms with E-state index in [4.69, 9.17) is 4.98 Å². The molecule has 0 fully saturated rings. The zero-order chi connectivity index (χ0) is 90.4. The molecular formula is C120H98Ir4N8Si3-8. The number of rotatable bonds is 14. The van der Waals surface area contributed by atoms with Crippen molar-refractivity contribution in [3.8, 4) is 90.1 Å². The average molecular weight is 2510 g/mol. The van der Waals surface area contributed by atoms with Gasteiger partial charge in [-0.05, 0) is 118 Å². The normalized spacial score (nSPS) is 10.4. The zero-order valence-corrected chi connectivity index (χ0v) is 88.2. The molecule has 8 nitrogen and oxygen atoms in total. The molecule has 4 radical (unpaired) electrons. The minimum absolute atomic E-state index is 0. The first-order valence-electron chi connectivity index (χ1n) is 43.6. The van der Waals surface area contributed by atoms with Gasteiger partial charge in [-0.1, -0.05) is 264 Å². The Morgan fingerprint density at radius 1 is 0.170 bits per heavy atom. The Balaban J connectivity index is 0.000000163. The second kappa shape index (κ2) is 54.3. The number of hydrogen-bond donors (Lipinski definition) is 0. The van der Waals surface area contributed by atoms with Gasteiger partial charge in [0.2, 0.25) is 0 Å². The number of fused-ring (bicyclic) bond motifs is 2. The topological polar surface area (TPSA) is 103 Å². The van der Waals surface area contributed by atoms with Gasteiger partial charge in [0.25, 0.3) is 0 Å². The molecule has 0 saturated heterocycles. The second-order valence-corrected chi connectivity index (χ2v) is 46.2. The predicted molar refractivity (Wildman–Crippen MR) is 553 cm³/mol. The number of nitrogens with zero attached hydrogens (tertiary/aromatic N) is 8. The number of benzene rings is 13. The Bertz CT molecular complexity index is 6290. The summed E-state index contributed by atoms with van der Waals surface area (Å²) in [6, 6.07) is 176. The summed E-state index contributed by atoms with van der Waals surface area (Å²) in [7, 11) is -4.96. The van der Waals surface area contributed by atoms with Gasteiger partial charge >= 0.3 is 0 Å². The summed E-state index contributed by atoms with van der Waals surface area (Å²) < 4.78 is 0. The van der Waals surface area contributed by atoms with Crippen LogP contribution >= 0.6 is 0 Å². The fourth-order valence-electron chi connectivity index (χ4n) is 14.3. The third-order valence-corrected chi connectivity index (χ3v) is 30.0. The van der Waals surface area contributed by atoms with Gasteiger partial charge in [-0.15, -0.1) is 287 Å². The number of hydrogen-bond acceptors (Lipinski definition) is 8. The van der Waals surface area contributed by atoms with Crippen molar-refractivity contribution in [2.45, 2.75) is 39.3 Å². The van der Waals surface area contributed by atoms with E-state index < -0.39 is 24.2 Å². The molecule has 0 aliphatic rings. The van der Waals surface area contributed by atoms with Crippen molar-refractivity contribution in [1.29, 1.82) is 0 Å². The molecule has 0 atom stereocenters. The Labute approximate surface area is 853 Å². The third-order valence-electron chi connectivity index (χ3n) is 21.1. The first-order valence-corrected chi connectivity index (χ1v) is 52.6. The molecule has 674 valence electrons. The monoisotopic (exact) mass is 2510 g/mol. The smallest absolute Gasteiger partial charge is 0.181 e. The minimum atomic E-state index is -2.50. The van der Waals surface area contributed by atoms with Crippen molar-refractivity contribution >= 4 is 77.1 Å². The molecule has 21 rings (SSSR count). The van der Waals surface area contributed by atoms with Crippen LogP contribution in [0.25, 0.3) is 112 Å². The minimum Gasteiger partial charge on any atom is -0.305 e. The van der Waals surface area contributed by atoms with Gasteiger partial charge in [0, 0.05) is 118 Å². The number of aromatic nitrogens is 8. The Kier molecular flexibility index (Phi) is 41.8. The first kappa shape index (κ1) is 104. The van der Waals surface area contributed by atoms with E-state index in [0.29, 0.717) is 0 Å². The molecule has 8 aromatic heterocycles. The van der Waals surface area contributed by atoms with Gasteiger partial charge in [0.15, 0.2) is 8.07 Å². The molecule has 0 bridgehead atoms. The molecule has 8 heterocycles. The summed E-state index contributed by atoms with van der Waals surface area (Å²) in [4.78, 5) is 35.8. The van der Waals surface area contributed by atoms with Gasteiger partial charge in [-0.3, -0.25) is 9.97 Å².